The lowest BCUT2D eigenvalue weighted by molar-refractivity contribution is 0.223. The minimum Gasteiger partial charge on any atom is -0.367 e. The predicted molar refractivity (Wildman–Crippen MR) is 100 cm³/mol. The summed E-state index contributed by atoms with van der Waals surface area (Å²) in [6, 6.07) is 4.37. The number of nitrogens with zero attached hydrogens (tertiary/aromatic N) is 2. The highest BCUT2D eigenvalue weighted by molar-refractivity contribution is 5.40. The van der Waals surface area contributed by atoms with Crippen molar-refractivity contribution in [1.29, 1.82) is 0 Å². The van der Waals surface area contributed by atoms with Crippen molar-refractivity contribution in [3.63, 3.8) is 0 Å². The average Bonchev–Trinajstić information content (AvgIpc) is 2.57. The van der Waals surface area contributed by atoms with Crippen LogP contribution >= 0.6 is 0 Å². The molecule has 2 N–H and O–H groups in total. The standard InChI is InChI=1S/C21H31N3/c1-5-17-12-19-20(13-18(17)15(2)22)24(11-8-21(19,3)4)14-16-6-9-23-10-7-16/h6-7,9-10,13,15,17H,5,8,11-12,14,22H2,1-4H3. The molecule has 2 aliphatic rings. The van der Waals surface area contributed by atoms with Crippen LogP contribution in [0.25, 0.3) is 0 Å². The van der Waals surface area contributed by atoms with E-state index in [0.717, 1.165) is 13.1 Å². The van der Waals surface area contributed by atoms with Crippen molar-refractivity contribution in [2.24, 2.45) is 17.1 Å². The SMILES string of the molecule is CCC1CC2=C(C=C1C(C)N)N(Cc1ccncc1)CCC2(C)C. The molecule has 2 unspecified atom stereocenters. The van der Waals surface area contributed by atoms with E-state index in [1.165, 1.54) is 36.1 Å². The monoisotopic (exact) mass is 325 g/mol. The first kappa shape index (κ1) is 17.2. The zero-order chi connectivity index (χ0) is 17.3. The van der Waals surface area contributed by atoms with Gasteiger partial charge >= 0.3 is 0 Å². The zero-order valence-electron chi connectivity index (χ0n) is 15.5. The third-order valence-electron chi connectivity index (χ3n) is 5.84. The third kappa shape index (κ3) is 3.27. The molecule has 3 heteroatoms. The van der Waals surface area contributed by atoms with Gasteiger partial charge in [-0.25, -0.2) is 0 Å². The molecule has 2 heterocycles. The molecule has 1 aliphatic heterocycles. The summed E-state index contributed by atoms with van der Waals surface area (Å²) in [5.41, 5.74) is 12.4. The Morgan fingerprint density at radius 2 is 2.04 bits per heavy atom. The van der Waals surface area contributed by atoms with Crippen LogP contribution in [-0.4, -0.2) is 22.5 Å². The van der Waals surface area contributed by atoms with Crippen molar-refractivity contribution in [2.75, 3.05) is 6.54 Å². The van der Waals surface area contributed by atoms with E-state index in [9.17, 15) is 0 Å². The van der Waals surface area contributed by atoms with Gasteiger partial charge in [-0.1, -0.05) is 20.8 Å². The van der Waals surface area contributed by atoms with E-state index in [4.69, 9.17) is 5.73 Å². The van der Waals surface area contributed by atoms with Gasteiger partial charge in [0, 0.05) is 37.2 Å². The Bertz CT molecular complexity index is 640. The summed E-state index contributed by atoms with van der Waals surface area (Å²) >= 11 is 0. The second-order valence-electron chi connectivity index (χ2n) is 8.02. The normalized spacial score (nSPS) is 24.5. The second-order valence-corrected chi connectivity index (χ2v) is 8.02. The molecule has 0 radical (unpaired) electrons. The van der Waals surface area contributed by atoms with Crippen LogP contribution in [0.3, 0.4) is 0 Å². The van der Waals surface area contributed by atoms with Gasteiger partial charge in [0.2, 0.25) is 0 Å². The van der Waals surface area contributed by atoms with E-state index in [1.807, 2.05) is 12.4 Å². The lowest BCUT2D eigenvalue weighted by Crippen LogP contribution is -2.39. The van der Waals surface area contributed by atoms with E-state index in [2.05, 4.69) is 55.8 Å². The Hall–Kier alpha value is -1.61. The fraction of sp³-hybridized carbons (Fsp3) is 0.571. The number of allylic oxidation sites excluding steroid dienone is 2. The van der Waals surface area contributed by atoms with Crippen LogP contribution in [-0.2, 0) is 6.54 Å². The van der Waals surface area contributed by atoms with Crippen LogP contribution in [0.1, 0.15) is 52.5 Å². The zero-order valence-corrected chi connectivity index (χ0v) is 15.5. The maximum absolute atomic E-state index is 6.30. The summed E-state index contributed by atoms with van der Waals surface area (Å²) in [5, 5.41) is 0. The summed E-state index contributed by atoms with van der Waals surface area (Å²) in [4.78, 5) is 6.69. The van der Waals surface area contributed by atoms with Crippen LogP contribution in [0.2, 0.25) is 0 Å². The summed E-state index contributed by atoms with van der Waals surface area (Å²) in [5.74, 6) is 0.601. The number of rotatable bonds is 4. The van der Waals surface area contributed by atoms with Gasteiger partial charge in [0.05, 0.1) is 0 Å². The minimum absolute atomic E-state index is 0.136. The number of aromatic nitrogens is 1. The van der Waals surface area contributed by atoms with Crippen molar-refractivity contribution in [3.8, 4) is 0 Å². The molecule has 0 spiro atoms. The molecule has 0 saturated carbocycles. The highest BCUT2D eigenvalue weighted by Gasteiger charge is 2.37. The highest BCUT2D eigenvalue weighted by atomic mass is 15.1. The van der Waals surface area contributed by atoms with Crippen molar-refractivity contribution in [3.05, 3.63) is 53.0 Å². The third-order valence-corrected chi connectivity index (χ3v) is 5.84. The van der Waals surface area contributed by atoms with Crippen LogP contribution < -0.4 is 5.73 Å². The van der Waals surface area contributed by atoms with E-state index in [0.29, 0.717) is 5.92 Å². The molecule has 3 rings (SSSR count). The molecule has 0 saturated heterocycles. The summed E-state index contributed by atoms with van der Waals surface area (Å²) in [7, 11) is 0. The quantitative estimate of drug-likeness (QED) is 0.899. The van der Waals surface area contributed by atoms with E-state index in [-0.39, 0.29) is 11.5 Å². The van der Waals surface area contributed by atoms with Gasteiger partial charge < -0.3 is 10.6 Å². The molecular weight excluding hydrogens is 294 g/mol. The van der Waals surface area contributed by atoms with Crippen molar-refractivity contribution in [1.82, 2.24) is 9.88 Å². The van der Waals surface area contributed by atoms with Crippen LogP contribution in [0, 0.1) is 11.3 Å². The Labute approximate surface area is 146 Å². The fourth-order valence-corrected chi connectivity index (χ4v) is 4.18. The van der Waals surface area contributed by atoms with Crippen molar-refractivity contribution in [2.45, 2.75) is 59.5 Å². The van der Waals surface area contributed by atoms with Gasteiger partial charge in [0.25, 0.3) is 0 Å². The molecule has 24 heavy (non-hydrogen) atoms. The van der Waals surface area contributed by atoms with Gasteiger partial charge in [-0.3, -0.25) is 4.98 Å². The summed E-state index contributed by atoms with van der Waals surface area (Å²) in [6.45, 7) is 11.3. The number of nitrogens with two attached hydrogens (primary N) is 1. The maximum Gasteiger partial charge on any atom is 0.0430 e. The molecule has 0 bridgehead atoms. The van der Waals surface area contributed by atoms with Crippen LogP contribution in [0.5, 0.6) is 0 Å². The van der Waals surface area contributed by atoms with E-state index in [1.54, 1.807) is 5.57 Å². The molecule has 1 aromatic heterocycles. The van der Waals surface area contributed by atoms with E-state index < -0.39 is 0 Å². The number of pyridine rings is 1. The predicted octanol–water partition coefficient (Wildman–Crippen LogP) is 4.27. The fourth-order valence-electron chi connectivity index (χ4n) is 4.18. The van der Waals surface area contributed by atoms with E-state index >= 15 is 0 Å². The lowest BCUT2D eigenvalue weighted by atomic mass is 9.68. The second kappa shape index (κ2) is 6.72. The smallest absolute Gasteiger partial charge is 0.0430 e. The Kier molecular flexibility index (Phi) is 4.82. The molecule has 2 atom stereocenters. The first-order valence-electron chi connectivity index (χ1n) is 9.27. The van der Waals surface area contributed by atoms with Crippen molar-refractivity contribution < 1.29 is 0 Å². The van der Waals surface area contributed by atoms with Crippen LogP contribution in [0.15, 0.2) is 47.4 Å². The molecule has 0 amide bonds. The molecule has 1 aliphatic carbocycles. The highest BCUT2D eigenvalue weighted by Crippen LogP contribution is 2.47. The first-order valence-corrected chi connectivity index (χ1v) is 9.27. The largest absolute Gasteiger partial charge is 0.367 e. The lowest BCUT2D eigenvalue weighted by Gasteiger charge is -2.45. The molecule has 130 valence electrons. The maximum atomic E-state index is 6.30. The molecule has 0 aromatic carbocycles. The van der Waals surface area contributed by atoms with Gasteiger partial charge in [-0.05, 0) is 72.4 Å². The van der Waals surface area contributed by atoms with Crippen LogP contribution in [0.4, 0.5) is 0 Å². The Balaban J connectivity index is 1.98. The summed E-state index contributed by atoms with van der Waals surface area (Å²) in [6.07, 6.45) is 9.74. The minimum atomic E-state index is 0.136. The number of hydrogen-bond acceptors (Lipinski definition) is 3. The van der Waals surface area contributed by atoms with Gasteiger partial charge in [0.15, 0.2) is 0 Å². The first-order chi connectivity index (χ1) is 11.4. The van der Waals surface area contributed by atoms with Gasteiger partial charge in [-0.2, -0.15) is 0 Å². The Morgan fingerprint density at radius 3 is 2.67 bits per heavy atom. The van der Waals surface area contributed by atoms with Gasteiger partial charge in [0.1, 0.15) is 0 Å². The topological polar surface area (TPSA) is 42.1 Å². The van der Waals surface area contributed by atoms with Gasteiger partial charge in [-0.15, -0.1) is 0 Å². The van der Waals surface area contributed by atoms with Crippen molar-refractivity contribution >= 4 is 0 Å². The molecule has 3 nitrogen and oxygen atoms in total. The Morgan fingerprint density at radius 1 is 1.33 bits per heavy atom. The summed E-state index contributed by atoms with van der Waals surface area (Å²) < 4.78 is 0. The molecular formula is C21H31N3. The average molecular weight is 326 g/mol. The molecule has 1 aromatic rings. The number of hydrogen-bond donors (Lipinski definition) is 1. The molecule has 0 fully saturated rings.